The molecule has 1 heterocycles. The first-order valence-electron chi connectivity index (χ1n) is 7.71. The fourth-order valence-corrected chi connectivity index (χ4v) is 3.06. The number of carbonyl (C=O) groups is 1. The molecule has 7 nitrogen and oxygen atoms in total. The first-order valence-corrected chi connectivity index (χ1v) is 9.53. The van der Waals surface area contributed by atoms with Crippen molar-refractivity contribution in [2.75, 3.05) is 5.75 Å². The van der Waals surface area contributed by atoms with Gasteiger partial charge in [0.25, 0.3) is 0 Å². The maximum atomic E-state index is 12.0. The minimum absolute atomic E-state index is 0.00625. The molecule has 0 bridgehead atoms. The van der Waals surface area contributed by atoms with Crippen molar-refractivity contribution in [3.05, 3.63) is 11.7 Å². The van der Waals surface area contributed by atoms with E-state index in [1.807, 2.05) is 20.8 Å². The van der Waals surface area contributed by atoms with Crippen molar-refractivity contribution in [1.82, 2.24) is 15.5 Å². The first-order chi connectivity index (χ1) is 10.4. The molecule has 0 radical (unpaired) electrons. The molecule has 1 rings (SSSR count). The van der Waals surface area contributed by atoms with Gasteiger partial charge in [0, 0.05) is 12.5 Å². The van der Waals surface area contributed by atoms with Gasteiger partial charge < -0.3 is 9.84 Å². The molecule has 0 aliphatic heterocycles. The van der Waals surface area contributed by atoms with Crippen LogP contribution in [-0.4, -0.2) is 36.3 Å². The summed E-state index contributed by atoms with van der Waals surface area (Å²) >= 11 is 0. The number of hydrogen-bond donors (Lipinski definition) is 1. The molecule has 0 spiro atoms. The molecule has 0 atom stereocenters. The summed E-state index contributed by atoms with van der Waals surface area (Å²) in [5, 5.41) is 6.45. The molecule has 1 aromatic rings. The fourth-order valence-electron chi connectivity index (χ4n) is 1.99. The monoisotopic (exact) mass is 331 g/mol. The van der Waals surface area contributed by atoms with Crippen LogP contribution in [0.3, 0.4) is 0 Å². The van der Waals surface area contributed by atoms with Crippen LogP contribution in [0.1, 0.15) is 58.2 Å². The highest BCUT2D eigenvalue weighted by Gasteiger charge is 2.22. The molecule has 0 unspecified atom stereocenters. The number of sulfone groups is 1. The average Bonchev–Trinajstić information content (AvgIpc) is 2.88. The van der Waals surface area contributed by atoms with E-state index in [-0.39, 0.29) is 11.9 Å². The van der Waals surface area contributed by atoms with Crippen molar-refractivity contribution in [3.8, 4) is 0 Å². The molecule has 0 aliphatic carbocycles. The Bertz CT molecular complexity index is 564. The Balaban J connectivity index is 2.56. The van der Waals surface area contributed by atoms with E-state index in [0.717, 1.165) is 25.7 Å². The number of rotatable bonds is 10. The lowest BCUT2D eigenvalue weighted by Gasteiger charge is -2.14. The fraction of sp³-hybridized carbons (Fsp3) is 0.786. The maximum Gasteiger partial charge on any atom is 0.241 e. The molecule has 0 aromatic carbocycles. The van der Waals surface area contributed by atoms with Crippen LogP contribution in [0.15, 0.2) is 4.52 Å². The zero-order valence-corrected chi connectivity index (χ0v) is 14.3. The van der Waals surface area contributed by atoms with E-state index >= 15 is 0 Å². The molecule has 1 aromatic heterocycles. The van der Waals surface area contributed by atoms with Gasteiger partial charge in [-0.15, -0.1) is 0 Å². The number of unbranched alkanes of at least 4 members (excludes halogenated alkanes) is 1. The lowest BCUT2D eigenvalue weighted by molar-refractivity contribution is -0.119. The van der Waals surface area contributed by atoms with Crippen LogP contribution in [0.5, 0.6) is 0 Å². The molecule has 0 saturated heterocycles. The largest absolute Gasteiger partial charge is 0.353 e. The van der Waals surface area contributed by atoms with Crippen LogP contribution in [0.25, 0.3) is 0 Å². The Morgan fingerprint density at radius 2 is 1.95 bits per heavy atom. The van der Waals surface area contributed by atoms with E-state index < -0.39 is 27.3 Å². The van der Waals surface area contributed by atoms with E-state index in [4.69, 9.17) is 4.52 Å². The predicted molar refractivity (Wildman–Crippen MR) is 82.9 cm³/mol. The summed E-state index contributed by atoms with van der Waals surface area (Å²) in [5.41, 5.74) is 0. The number of aromatic nitrogens is 2. The third-order valence-corrected chi connectivity index (χ3v) is 4.70. The summed E-state index contributed by atoms with van der Waals surface area (Å²) in [7, 11) is -3.61. The van der Waals surface area contributed by atoms with E-state index in [0.29, 0.717) is 12.2 Å². The Kier molecular flexibility index (Phi) is 7.50. The molecule has 1 N–H and O–H groups in total. The van der Waals surface area contributed by atoms with E-state index in [2.05, 4.69) is 15.5 Å². The average molecular weight is 331 g/mol. The van der Waals surface area contributed by atoms with Crippen LogP contribution < -0.4 is 5.32 Å². The molecule has 0 fully saturated rings. The van der Waals surface area contributed by atoms with Crippen LogP contribution in [0, 0.1) is 0 Å². The van der Waals surface area contributed by atoms with Crippen molar-refractivity contribution in [3.63, 3.8) is 0 Å². The lowest BCUT2D eigenvalue weighted by atomic mass is 10.2. The van der Waals surface area contributed by atoms with Gasteiger partial charge in [-0.05, 0) is 19.3 Å². The van der Waals surface area contributed by atoms with Crippen molar-refractivity contribution in [1.29, 1.82) is 0 Å². The number of hydrogen-bond acceptors (Lipinski definition) is 6. The normalized spacial score (nSPS) is 11.8. The number of nitrogens with zero attached hydrogens (tertiary/aromatic N) is 2. The minimum Gasteiger partial charge on any atom is -0.353 e. The summed E-state index contributed by atoms with van der Waals surface area (Å²) < 4.78 is 28.9. The summed E-state index contributed by atoms with van der Waals surface area (Å²) in [5.74, 6) is -0.895. The summed E-state index contributed by atoms with van der Waals surface area (Å²) in [6.45, 7) is 5.93. The predicted octanol–water partition coefficient (Wildman–Crippen LogP) is 1.63. The third-order valence-electron chi connectivity index (χ3n) is 3.31. The molecular weight excluding hydrogens is 306 g/mol. The smallest absolute Gasteiger partial charge is 0.241 e. The first kappa shape index (κ1) is 18.6. The third kappa shape index (κ3) is 6.55. The minimum atomic E-state index is -3.61. The van der Waals surface area contributed by atoms with Crippen LogP contribution in [-0.2, 0) is 26.8 Å². The highest BCUT2D eigenvalue weighted by Crippen LogP contribution is 2.07. The van der Waals surface area contributed by atoms with E-state index in [1.165, 1.54) is 0 Å². The summed E-state index contributed by atoms with van der Waals surface area (Å²) in [6.07, 6.45) is 4.12. The standard InChI is InChI=1S/C14H25N3O4S/c1-4-7-8-12-16-14(21-17-12)10-22(19,20)9-13(18)15-11(5-2)6-3/h11H,4-10H2,1-3H3,(H,15,18). The van der Waals surface area contributed by atoms with Crippen molar-refractivity contribution < 1.29 is 17.7 Å². The highest BCUT2D eigenvalue weighted by molar-refractivity contribution is 7.91. The molecule has 0 aliphatic rings. The quantitative estimate of drug-likeness (QED) is 0.699. The van der Waals surface area contributed by atoms with Crippen molar-refractivity contribution >= 4 is 15.7 Å². The Morgan fingerprint density at radius 3 is 2.55 bits per heavy atom. The van der Waals surface area contributed by atoms with Gasteiger partial charge in [-0.3, -0.25) is 4.79 Å². The van der Waals surface area contributed by atoms with Crippen LogP contribution >= 0.6 is 0 Å². The molecule has 126 valence electrons. The Hall–Kier alpha value is -1.44. The number of amides is 1. The molecular formula is C14H25N3O4S. The Labute approximate surface area is 131 Å². The van der Waals surface area contributed by atoms with Gasteiger partial charge in [0.2, 0.25) is 11.8 Å². The van der Waals surface area contributed by atoms with Crippen LogP contribution in [0.2, 0.25) is 0 Å². The second kappa shape index (κ2) is 8.87. The zero-order chi connectivity index (χ0) is 16.6. The second-order valence-electron chi connectivity index (χ2n) is 5.32. The summed E-state index contributed by atoms with van der Waals surface area (Å²) in [4.78, 5) is 15.8. The zero-order valence-electron chi connectivity index (χ0n) is 13.5. The van der Waals surface area contributed by atoms with Gasteiger partial charge in [0.05, 0.1) is 0 Å². The Morgan fingerprint density at radius 1 is 1.27 bits per heavy atom. The van der Waals surface area contributed by atoms with Gasteiger partial charge >= 0.3 is 0 Å². The van der Waals surface area contributed by atoms with E-state index in [9.17, 15) is 13.2 Å². The highest BCUT2D eigenvalue weighted by atomic mass is 32.2. The lowest BCUT2D eigenvalue weighted by Crippen LogP contribution is -2.38. The number of aryl methyl sites for hydroxylation is 1. The molecule has 22 heavy (non-hydrogen) atoms. The molecule has 0 saturated carbocycles. The van der Waals surface area contributed by atoms with Crippen molar-refractivity contribution in [2.24, 2.45) is 0 Å². The van der Waals surface area contributed by atoms with Gasteiger partial charge in [-0.25, -0.2) is 8.42 Å². The van der Waals surface area contributed by atoms with Gasteiger partial charge in [-0.1, -0.05) is 32.3 Å². The molecule has 8 heteroatoms. The maximum absolute atomic E-state index is 12.0. The van der Waals surface area contributed by atoms with E-state index in [1.54, 1.807) is 0 Å². The van der Waals surface area contributed by atoms with Crippen LogP contribution in [0.4, 0.5) is 0 Å². The van der Waals surface area contributed by atoms with Gasteiger partial charge in [0.15, 0.2) is 15.7 Å². The SMILES string of the molecule is CCCCc1noc(CS(=O)(=O)CC(=O)NC(CC)CC)n1. The number of carbonyl (C=O) groups excluding carboxylic acids is 1. The second-order valence-corrected chi connectivity index (χ2v) is 7.39. The van der Waals surface area contributed by atoms with Crippen molar-refractivity contribution in [2.45, 2.75) is 64.7 Å². The molecule has 1 amide bonds. The number of nitrogens with one attached hydrogen (secondary N) is 1. The summed E-state index contributed by atoms with van der Waals surface area (Å²) in [6, 6.07) is 0.00625. The van der Waals surface area contributed by atoms with Gasteiger partial charge in [0.1, 0.15) is 11.5 Å². The van der Waals surface area contributed by atoms with Gasteiger partial charge in [-0.2, -0.15) is 4.98 Å². The topological polar surface area (TPSA) is 102 Å².